The summed E-state index contributed by atoms with van der Waals surface area (Å²) < 4.78 is 16.2. The fourth-order valence-electron chi connectivity index (χ4n) is 4.87. The van der Waals surface area contributed by atoms with Gasteiger partial charge < -0.3 is 4.57 Å². The van der Waals surface area contributed by atoms with Crippen LogP contribution in [-0.2, 0) is 6.42 Å². The van der Waals surface area contributed by atoms with Gasteiger partial charge in [-0.05, 0) is 74.3 Å². The Hall–Kier alpha value is -2.61. The van der Waals surface area contributed by atoms with Crippen LogP contribution in [0.2, 0.25) is 0 Å². The summed E-state index contributed by atoms with van der Waals surface area (Å²) in [6.07, 6.45) is 6.61. The van der Waals surface area contributed by atoms with Crippen molar-refractivity contribution in [3.63, 3.8) is 0 Å². The van der Waals surface area contributed by atoms with E-state index in [2.05, 4.69) is 70.0 Å². The molecule has 0 bridgehead atoms. The van der Waals surface area contributed by atoms with Gasteiger partial charge in [0.15, 0.2) is 0 Å². The van der Waals surface area contributed by atoms with E-state index in [0.29, 0.717) is 12.0 Å². The Balaban J connectivity index is 2.20. The van der Waals surface area contributed by atoms with Gasteiger partial charge >= 0.3 is 0 Å². The van der Waals surface area contributed by atoms with Gasteiger partial charge in [-0.3, -0.25) is 0 Å². The summed E-state index contributed by atoms with van der Waals surface area (Å²) in [7, 11) is 0. The Morgan fingerprint density at radius 1 is 0.875 bits per heavy atom. The van der Waals surface area contributed by atoms with Crippen molar-refractivity contribution in [2.24, 2.45) is 11.8 Å². The van der Waals surface area contributed by atoms with Gasteiger partial charge in [-0.1, -0.05) is 76.2 Å². The van der Waals surface area contributed by atoms with Crippen LogP contribution in [0.25, 0.3) is 28.3 Å². The molecule has 3 rings (SSSR count). The maximum absolute atomic E-state index is 13.8. The third kappa shape index (κ3) is 5.23. The van der Waals surface area contributed by atoms with Gasteiger partial charge in [0.25, 0.3) is 0 Å². The quantitative estimate of drug-likeness (QED) is 0.301. The normalized spacial score (nSPS) is 13.3. The molecule has 1 nitrogen and oxygen atoms in total. The molecule has 0 saturated carbocycles. The van der Waals surface area contributed by atoms with Gasteiger partial charge in [0.05, 0.1) is 0 Å². The van der Waals surface area contributed by atoms with Crippen molar-refractivity contribution in [2.75, 3.05) is 0 Å². The average Bonchev–Trinajstić information content (AvgIpc) is 3.13. The van der Waals surface area contributed by atoms with E-state index in [1.807, 2.05) is 24.3 Å². The summed E-state index contributed by atoms with van der Waals surface area (Å²) in [4.78, 5) is 0. The van der Waals surface area contributed by atoms with E-state index < -0.39 is 0 Å². The zero-order valence-corrected chi connectivity index (χ0v) is 20.4. The maximum Gasteiger partial charge on any atom is 0.123 e. The minimum absolute atomic E-state index is 0.203. The number of aromatic nitrogens is 1. The fraction of sp³-hybridized carbons (Fsp3) is 0.400. The van der Waals surface area contributed by atoms with Crippen molar-refractivity contribution in [1.82, 2.24) is 4.57 Å². The average molecular weight is 432 g/mol. The molecule has 1 aromatic heterocycles. The van der Waals surface area contributed by atoms with Crippen molar-refractivity contribution >= 4 is 6.08 Å². The molecule has 0 aliphatic rings. The Morgan fingerprint density at radius 2 is 1.50 bits per heavy atom. The third-order valence-electron chi connectivity index (χ3n) is 6.63. The SMILES string of the molecule is C=Cc1c(-c2ccccc2)c(-c2ccc(F)cc2)c(CCC(C)CC(C)CC)n1C(C)C. The Morgan fingerprint density at radius 3 is 2.06 bits per heavy atom. The van der Waals surface area contributed by atoms with Crippen molar-refractivity contribution in [3.8, 4) is 22.3 Å². The van der Waals surface area contributed by atoms with Crippen molar-refractivity contribution in [2.45, 2.75) is 66.3 Å². The lowest BCUT2D eigenvalue weighted by molar-refractivity contribution is 0.383. The summed E-state index contributed by atoms with van der Waals surface area (Å²) in [6.45, 7) is 15.7. The van der Waals surface area contributed by atoms with Crippen LogP contribution >= 0.6 is 0 Å². The number of rotatable bonds is 10. The molecule has 0 aliphatic heterocycles. The number of hydrogen-bond acceptors (Lipinski definition) is 0. The van der Waals surface area contributed by atoms with Crippen LogP contribution in [0.1, 0.15) is 71.3 Å². The molecule has 2 aromatic carbocycles. The first kappa shape index (κ1) is 24.0. The maximum atomic E-state index is 13.8. The lowest BCUT2D eigenvalue weighted by atomic mass is 9.89. The Kier molecular flexibility index (Phi) is 8.12. The molecule has 0 radical (unpaired) electrons. The molecule has 0 spiro atoms. The highest BCUT2D eigenvalue weighted by Crippen LogP contribution is 2.43. The minimum Gasteiger partial charge on any atom is -0.341 e. The van der Waals surface area contributed by atoms with Crippen LogP contribution in [0.15, 0.2) is 61.2 Å². The molecule has 3 aromatic rings. The Labute approximate surface area is 194 Å². The van der Waals surface area contributed by atoms with Crippen LogP contribution in [0, 0.1) is 17.7 Å². The molecule has 1 heterocycles. The summed E-state index contributed by atoms with van der Waals surface area (Å²) in [6, 6.07) is 17.8. The molecule has 2 unspecified atom stereocenters. The van der Waals surface area contributed by atoms with Crippen LogP contribution in [0.5, 0.6) is 0 Å². The topological polar surface area (TPSA) is 4.93 Å². The molecule has 2 heteroatoms. The monoisotopic (exact) mass is 431 g/mol. The molecular formula is C30H38FN. The van der Waals surface area contributed by atoms with E-state index >= 15 is 0 Å². The first-order valence-corrected chi connectivity index (χ1v) is 12.1. The first-order valence-electron chi connectivity index (χ1n) is 12.1. The molecule has 170 valence electrons. The van der Waals surface area contributed by atoms with E-state index in [-0.39, 0.29) is 5.82 Å². The minimum atomic E-state index is -0.203. The molecule has 32 heavy (non-hydrogen) atoms. The number of benzene rings is 2. The highest BCUT2D eigenvalue weighted by molar-refractivity contribution is 5.91. The van der Waals surface area contributed by atoms with Gasteiger partial charge in [-0.2, -0.15) is 0 Å². The Bertz CT molecular complexity index is 1010. The van der Waals surface area contributed by atoms with E-state index in [9.17, 15) is 4.39 Å². The second kappa shape index (κ2) is 10.8. The van der Waals surface area contributed by atoms with Crippen molar-refractivity contribution in [1.29, 1.82) is 0 Å². The lowest BCUT2D eigenvalue weighted by Gasteiger charge is -2.20. The largest absolute Gasteiger partial charge is 0.341 e. The summed E-state index contributed by atoms with van der Waals surface area (Å²) in [5, 5.41) is 0. The zero-order valence-electron chi connectivity index (χ0n) is 20.4. The number of nitrogens with zero attached hydrogens (tertiary/aromatic N) is 1. The van der Waals surface area contributed by atoms with Gasteiger partial charge in [0, 0.05) is 28.6 Å². The van der Waals surface area contributed by atoms with Gasteiger partial charge in [0.2, 0.25) is 0 Å². The fourth-order valence-corrected chi connectivity index (χ4v) is 4.87. The molecule has 0 aliphatic carbocycles. The van der Waals surface area contributed by atoms with E-state index in [0.717, 1.165) is 30.0 Å². The smallest absolute Gasteiger partial charge is 0.123 e. The van der Waals surface area contributed by atoms with Gasteiger partial charge in [-0.15, -0.1) is 0 Å². The van der Waals surface area contributed by atoms with E-state index in [1.54, 1.807) is 12.1 Å². The lowest BCUT2D eigenvalue weighted by Crippen LogP contribution is -2.10. The summed E-state index contributed by atoms with van der Waals surface area (Å²) >= 11 is 0. The van der Waals surface area contributed by atoms with Gasteiger partial charge in [0.1, 0.15) is 5.82 Å². The molecule has 0 fully saturated rings. The number of halogens is 1. The van der Waals surface area contributed by atoms with Crippen LogP contribution < -0.4 is 0 Å². The zero-order chi connectivity index (χ0) is 23.3. The highest BCUT2D eigenvalue weighted by Gasteiger charge is 2.25. The van der Waals surface area contributed by atoms with Crippen molar-refractivity contribution in [3.05, 3.63) is 78.4 Å². The molecular weight excluding hydrogens is 393 g/mol. The van der Waals surface area contributed by atoms with Crippen molar-refractivity contribution < 1.29 is 4.39 Å². The van der Waals surface area contributed by atoms with Gasteiger partial charge in [-0.25, -0.2) is 4.39 Å². The van der Waals surface area contributed by atoms with Crippen LogP contribution in [-0.4, -0.2) is 4.57 Å². The molecule has 0 amide bonds. The second-order valence-electron chi connectivity index (χ2n) is 9.52. The summed E-state index contributed by atoms with van der Waals surface area (Å²) in [5.74, 6) is 1.21. The van der Waals surface area contributed by atoms with Crippen LogP contribution in [0.3, 0.4) is 0 Å². The van der Waals surface area contributed by atoms with E-state index in [4.69, 9.17) is 0 Å². The molecule has 0 saturated heterocycles. The molecule has 0 N–H and O–H groups in total. The second-order valence-corrected chi connectivity index (χ2v) is 9.52. The summed E-state index contributed by atoms with van der Waals surface area (Å²) in [5.41, 5.74) is 7.14. The molecule has 2 atom stereocenters. The number of hydrogen-bond donors (Lipinski definition) is 0. The van der Waals surface area contributed by atoms with Crippen LogP contribution in [0.4, 0.5) is 4.39 Å². The standard InChI is InChI=1S/C30H38FN/c1-7-22(5)20-23(6)14-19-28-30(25-15-17-26(31)18-16-25)29(24-12-10-9-11-13-24)27(8-2)32(28)21(3)4/h8-13,15-18,21-23H,2,7,14,19-20H2,1,3-6H3. The third-order valence-corrected chi connectivity index (χ3v) is 6.63. The highest BCUT2D eigenvalue weighted by atomic mass is 19.1. The first-order chi connectivity index (χ1) is 15.4. The predicted octanol–water partition coefficient (Wildman–Crippen LogP) is 9.19. The predicted molar refractivity (Wildman–Crippen MR) is 137 cm³/mol. The van der Waals surface area contributed by atoms with E-state index in [1.165, 1.54) is 35.2 Å².